The second-order valence-corrected chi connectivity index (χ2v) is 9.68. The number of amides is 2. The fourth-order valence-corrected chi connectivity index (χ4v) is 4.46. The third-order valence-electron chi connectivity index (χ3n) is 6.54. The summed E-state index contributed by atoms with van der Waals surface area (Å²) in [5, 5.41) is 6.10. The smallest absolute Gasteiger partial charge is 0.226 e. The Balaban J connectivity index is 1.45. The highest BCUT2D eigenvalue weighted by Crippen LogP contribution is 2.29. The maximum atomic E-state index is 13.1. The van der Waals surface area contributed by atoms with Crippen molar-refractivity contribution in [1.82, 2.24) is 10.2 Å². The van der Waals surface area contributed by atoms with Crippen LogP contribution in [0.4, 0.5) is 10.1 Å². The molecule has 1 fully saturated rings. The van der Waals surface area contributed by atoms with E-state index in [1.807, 2.05) is 45.1 Å². The molecule has 3 rings (SSSR count). The highest BCUT2D eigenvalue weighted by Gasteiger charge is 2.22. The Morgan fingerprint density at radius 2 is 1.83 bits per heavy atom. The zero-order chi connectivity index (χ0) is 25.2. The molecule has 1 aliphatic heterocycles. The summed E-state index contributed by atoms with van der Waals surface area (Å²) in [4.78, 5) is 27.0. The molecule has 0 bridgehead atoms. The number of allylic oxidation sites excluding steroid dienone is 1. The lowest BCUT2D eigenvalue weighted by Crippen LogP contribution is -2.39. The van der Waals surface area contributed by atoms with Crippen molar-refractivity contribution < 1.29 is 14.0 Å². The lowest BCUT2D eigenvalue weighted by Gasteiger charge is -2.33. The molecule has 0 saturated carbocycles. The van der Waals surface area contributed by atoms with Crippen LogP contribution in [0.5, 0.6) is 0 Å². The van der Waals surface area contributed by atoms with Gasteiger partial charge >= 0.3 is 0 Å². The molecule has 1 atom stereocenters. The second kappa shape index (κ2) is 13.2. The van der Waals surface area contributed by atoms with Crippen molar-refractivity contribution in [3.05, 3.63) is 77.6 Å². The van der Waals surface area contributed by atoms with Crippen LogP contribution < -0.4 is 10.6 Å². The Morgan fingerprint density at radius 1 is 1.11 bits per heavy atom. The third-order valence-corrected chi connectivity index (χ3v) is 6.54. The van der Waals surface area contributed by atoms with Gasteiger partial charge in [0.25, 0.3) is 0 Å². The van der Waals surface area contributed by atoms with E-state index in [9.17, 15) is 14.0 Å². The Bertz CT molecular complexity index is 995. The van der Waals surface area contributed by atoms with Crippen LogP contribution in [-0.2, 0) is 16.0 Å². The monoisotopic (exact) mass is 479 g/mol. The van der Waals surface area contributed by atoms with Crippen molar-refractivity contribution in [3.8, 4) is 0 Å². The first-order chi connectivity index (χ1) is 16.8. The molecule has 0 aromatic heterocycles. The second-order valence-electron chi connectivity index (χ2n) is 9.68. The number of nitrogens with zero attached hydrogens (tertiary/aromatic N) is 1. The van der Waals surface area contributed by atoms with E-state index in [2.05, 4.69) is 27.7 Å². The molecule has 5 nitrogen and oxygen atoms in total. The molecule has 0 aliphatic carbocycles. The van der Waals surface area contributed by atoms with Crippen molar-refractivity contribution in [3.63, 3.8) is 0 Å². The molecular weight excluding hydrogens is 441 g/mol. The number of hydrogen-bond donors (Lipinski definition) is 2. The summed E-state index contributed by atoms with van der Waals surface area (Å²) in [6.07, 6.45) is 7.25. The molecule has 2 aromatic rings. The number of hydrogen-bond acceptors (Lipinski definition) is 3. The van der Waals surface area contributed by atoms with E-state index in [1.54, 1.807) is 12.1 Å². The highest BCUT2D eigenvalue weighted by atomic mass is 19.1. The summed E-state index contributed by atoms with van der Waals surface area (Å²) in [5.41, 5.74) is 2.96. The van der Waals surface area contributed by atoms with Crippen LogP contribution in [0.2, 0.25) is 0 Å². The van der Waals surface area contributed by atoms with Gasteiger partial charge in [-0.1, -0.05) is 50.3 Å². The number of carbonyl (C=O) groups excluding carboxylic acids is 2. The minimum absolute atomic E-state index is 0.0214. The van der Waals surface area contributed by atoms with E-state index in [1.165, 1.54) is 17.7 Å². The van der Waals surface area contributed by atoms with Gasteiger partial charge in [0.05, 0.1) is 6.42 Å². The SMILES string of the molecule is C/C=C/C(CCN1CCC(c2cccc(NC(=O)C(C)C)c2)CC1)NC(=O)Cc1ccc(F)cc1. The number of piperidine rings is 1. The average molecular weight is 480 g/mol. The lowest BCUT2D eigenvalue weighted by molar-refractivity contribution is -0.121. The zero-order valence-corrected chi connectivity index (χ0v) is 21.1. The molecule has 1 heterocycles. The minimum atomic E-state index is -0.296. The van der Waals surface area contributed by atoms with Crippen molar-refractivity contribution in [1.29, 1.82) is 0 Å². The zero-order valence-electron chi connectivity index (χ0n) is 21.1. The third kappa shape index (κ3) is 8.62. The van der Waals surface area contributed by atoms with E-state index in [0.717, 1.165) is 50.1 Å². The van der Waals surface area contributed by atoms with Crippen molar-refractivity contribution >= 4 is 17.5 Å². The standard InChI is InChI=1S/C29H38FN3O2/c1-4-6-26(31-28(34)19-22-9-11-25(30)12-10-22)15-18-33-16-13-23(14-17-33)24-7-5-8-27(20-24)32-29(35)21(2)3/h4-12,20-21,23,26H,13-19H2,1-3H3,(H,31,34)(H,32,35)/b6-4+. The quantitative estimate of drug-likeness (QED) is 0.455. The van der Waals surface area contributed by atoms with Gasteiger partial charge in [0, 0.05) is 24.2 Å². The number of rotatable bonds is 10. The Hall–Kier alpha value is -2.99. The van der Waals surface area contributed by atoms with E-state index in [0.29, 0.717) is 5.92 Å². The molecular formula is C29H38FN3O2. The first-order valence-electron chi connectivity index (χ1n) is 12.6. The van der Waals surface area contributed by atoms with Crippen molar-refractivity contribution in [2.24, 2.45) is 5.92 Å². The van der Waals surface area contributed by atoms with E-state index < -0.39 is 0 Å². The maximum absolute atomic E-state index is 13.1. The summed E-state index contributed by atoms with van der Waals surface area (Å²) >= 11 is 0. The molecule has 0 radical (unpaired) electrons. The van der Waals surface area contributed by atoms with Crippen molar-refractivity contribution in [2.75, 3.05) is 25.0 Å². The summed E-state index contributed by atoms with van der Waals surface area (Å²) < 4.78 is 13.1. The molecule has 1 unspecified atom stereocenters. The van der Waals surface area contributed by atoms with E-state index in [4.69, 9.17) is 0 Å². The maximum Gasteiger partial charge on any atom is 0.226 e. The Labute approximate surface area is 208 Å². The number of anilines is 1. The molecule has 1 saturated heterocycles. The van der Waals surface area contributed by atoms with Gasteiger partial charge in [-0.25, -0.2) is 4.39 Å². The van der Waals surface area contributed by atoms with Crippen LogP contribution in [0, 0.1) is 11.7 Å². The molecule has 2 aromatic carbocycles. The number of nitrogens with one attached hydrogen (secondary N) is 2. The van der Waals surface area contributed by atoms with Crippen LogP contribution in [0.25, 0.3) is 0 Å². The lowest BCUT2D eigenvalue weighted by atomic mass is 9.89. The average Bonchev–Trinajstić information content (AvgIpc) is 2.84. The van der Waals surface area contributed by atoms with Gasteiger partial charge in [0.15, 0.2) is 0 Å². The molecule has 35 heavy (non-hydrogen) atoms. The normalized spacial score (nSPS) is 15.9. The van der Waals surface area contributed by atoms with Crippen LogP contribution in [0.3, 0.4) is 0 Å². The number of benzene rings is 2. The topological polar surface area (TPSA) is 61.4 Å². The highest BCUT2D eigenvalue weighted by molar-refractivity contribution is 5.92. The Kier molecular flexibility index (Phi) is 10.0. The van der Waals surface area contributed by atoms with Gasteiger partial charge in [-0.15, -0.1) is 0 Å². The van der Waals surface area contributed by atoms with Crippen LogP contribution in [0.1, 0.15) is 57.1 Å². The van der Waals surface area contributed by atoms with Gasteiger partial charge in [0.1, 0.15) is 5.82 Å². The summed E-state index contributed by atoms with van der Waals surface area (Å²) in [7, 11) is 0. The van der Waals surface area contributed by atoms with Crippen LogP contribution in [0.15, 0.2) is 60.7 Å². The number of likely N-dealkylation sites (tertiary alicyclic amines) is 1. The predicted molar refractivity (Wildman–Crippen MR) is 140 cm³/mol. The van der Waals surface area contributed by atoms with E-state index >= 15 is 0 Å². The number of halogens is 1. The minimum Gasteiger partial charge on any atom is -0.350 e. The van der Waals surface area contributed by atoms with Gasteiger partial charge in [-0.2, -0.15) is 0 Å². The number of carbonyl (C=O) groups is 2. The molecule has 6 heteroatoms. The van der Waals surface area contributed by atoms with E-state index in [-0.39, 0.29) is 36.0 Å². The first-order valence-corrected chi connectivity index (χ1v) is 12.6. The molecule has 0 spiro atoms. The molecule has 2 amide bonds. The Morgan fingerprint density at radius 3 is 2.49 bits per heavy atom. The first kappa shape index (κ1) is 26.6. The fourth-order valence-electron chi connectivity index (χ4n) is 4.46. The predicted octanol–water partition coefficient (Wildman–Crippen LogP) is 5.29. The molecule has 1 aliphatic rings. The summed E-state index contributed by atoms with van der Waals surface area (Å²) in [5.74, 6) is 0.139. The summed E-state index contributed by atoms with van der Waals surface area (Å²) in [6.45, 7) is 8.70. The fraction of sp³-hybridized carbons (Fsp3) is 0.448. The largest absolute Gasteiger partial charge is 0.350 e. The van der Waals surface area contributed by atoms with Crippen LogP contribution >= 0.6 is 0 Å². The van der Waals surface area contributed by atoms with Gasteiger partial charge < -0.3 is 15.5 Å². The van der Waals surface area contributed by atoms with Crippen LogP contribution in [-0.4, -0.2) is 42.4 Å². The molecule has 2 N–H and O–H groups in total. The van der Waals surface area contributed by atoms with Gasteiger partial charge in [-0.05, 0) is 80.6 Å². The summed E-state index contributed by atoms with van der Waals surface area (Å²) in [6, 6.07) is 14.3. The van der Waals surface area contributed by atoms with Gasteiger partial charge in [-0.3, -0.25) is 9.59 Å². The van der Waals surface area contributed by atoms with Gasteiger partial charge in [0.2, 0.25) is 11.8 Å². The molecule has 188 valence electrons. The van der Waals surface area contributed by atoms with Crippen molar-refractivity contribution in [2.45, 2.75) is 58.4 Å².